The summed E-state index contributed by atoms with van der Waals surface area (Å²) in [5.41, 5.74) is 0.149. The second-order valence-corrected chi connectivity index (χ2v) is 5.36. The summed E-state index contributed by atoms with van der Waals surface area (Å²) in [6.45, 7) is 3.49. The van der Waals surface area contributed by atoms with Crippen LogP contribution in [0.4, 0.5) is 0 Å². The molecule has 2 aromatic heterocycles. The van der Waals surface area contributed by atoms with Crippen molar-refractivity contribution < 1.29 is 4.79 Å². The minimum absolute atomic E-state index is 0.0674. The van der Waals surface area contributed by atoms with Crippen molar-refractivity contribution in [1.82, 2.24) is 25.3 Å². The number of hydrogen-bond donors (Lipinski definition) is 3. The molecule has 110 valence electrons. The predicted octanol–water partition coefficient (Wildman–Crippen LogP) is 1.17. The van der Waals surface area contributed by atoms with E-state index in [1.165, 1.54) is 0 Å². The third-order valence-corrected chi connectivity index (χ3v) is 3.59. The fraction of sp³-hybridized carbons (Fsp3) is 0.429. The van der Waals surface area contributed by atoms with Crippen LogP contribution in [0.1, 0.15) is 59.4 Å². The highest BCUT2D eigenvalue weighted by Gasteiger charge is 2.28. The molecular formula is C14H17N5O2. The van der Waals surface area contributed by atoms with E-state index in [0.29, 0.717) is 23.3 Å². The Labute approximate surface area is 121 Å². The topological polar surface area (TPSA) is 104 Å². The van der Waals surface area contributed by atoms with E-state index in [4.69, 9.17) is 0 Å². The largest absolute Gasteiger partial charge is 0.347 e. The standard InChI is InChI=1S/C14H17N5O2/c1-7-10(14(21)19-12(17-7)9-3-4-9)13(20)18-8(2)11-15-5-6-16-11/h5-6,8-9H,3-4H2,1-2H3,(H,15,16)(H,18,20)(H,17,19,21). The number of H-pyrrole nitrogens is 2. The van der Waals surface area contributed by atoms with Gasteiger partial charge in [0, 0.05) is 18.3 Å². The summed E-state index contributed by atoms with van der Waals surface area (Å²) in [7, 11) is 0. The average Bonchev–Trinajstić information content (AvgIpc) is 3.12. The van der Waals surface area contributed by atoms with Crippen molar-refractivity contribution in [2.24, 2.45) is 0 Å². The molecule has 0 saturated heterocycles. The zero-order valence-corrected chi connectivity index (χ0v) is 11.9. The first-order valence-electron chi connectivity index (χ1n) is 6.97. The van der Waals surface area contributed by atoms with Crippen LogP contribution >= 0.6 is 0 Å². The maximum absolute atomic E-state index is 12.3. The Morgan fingerprint density at radius 2 is 2.24 bits per heavy atom. The van der Waals surface area contributed by atoms with E-state index in [-0.39, 0.29) is 17.2 Å². The van der Waals surface area contributed by atoms with E-state index in [2.05, 4.69) is 25.3 Å². The van der Waals surface area contributed by atoms with Crippen LogP contribution in [0.15, 0.2) is 17.2 Å². The maximum atomic E-state index is 12.3. The SMILES string of the molecule is Cc1nc(C2CC2)[nH]c(=O)c1C(=O)NC(C)c1ncc[nH]1. The van der Waals surface area contributed by atoms with Crippen LogP contribution in [0.2, 0.25) is 0 Å². The summed E-state index contributed by atoms with van der Waals surface area (Å²) in [5.74, 6) is 1.23. The number of nitrogens with zero attached hydrogens (tertiary/aromatic N) is 2. The number of nitrogens with one attached hydrogen (secondary N) is 3. The van der Waals surface area contributed by atoms with Crippen LogP contribution in [0, 0.1) is 6.92 Å². The lowest BCUT2D eigenvalue weighted by molar-refractivity contribution is 0.0935. The van der Waals surface area contributed by atoms with Crippen LogP contribution in [-0.4, -0.2) is 25.8 Å². The van der Waals surface area contributed by atoms with Crippen molar-refractivity contribution in [2.45, 2.75) is 38.6 Å². The van der Waals surface area contributed by atoms with Gasteiger partial charge in [-0.1, -0.05) is 0 Å². The summed E-state index contributed by atoms with van der Waals surface area (Å²) in [5, 5.41) is 2.75. The molecule has 0 aromatic carbocycles. The minimum atomic E-state index is -0.438. The van der Waals surface area contributed by atoms with E-state index in [1.54, 1.807) is 26.2 Å². The Kier molecular flexibility index (Phi) is 3.32. The first kappa shape index (κ1) is 13.5. The van der Waals surface area contributed by atoms with Crippen LogP contribution in [0.25, 0.3) is 0 Å². The molecule has 0 spiro atoms. The number of aromatic nitrogens is 4. The maximum Gasteiger partial charge on any atom is 0.264 e. The molecule has 1 aliphatic rings. The molecule has 0 radical (unpaired) electrons. The monoisotopic (exact) mass is 287 g/mol. The molecule has 1 atom stereocenters. The molecule has 3 N–H and O–H groups in total. The van der Waals surface area contributed by atoms with Gasteiger partial charge in [-0.05, 0) is 26.7 Å². The smallest absolute Gasteiger partial charge is 0.264 e. The van der Waals surface area contributed by atoms with Gasteiger partial charge in [0.15, 0.2) is 0 Å². The lowest BCUT2D eigenvalue weighted by atomic mass is 10.2. The van der Waals surface area contributed by atoms with E-state index in [0.717, 1.165) is 12.8 Å². The normalized spacial score (nSPS) is 15.7. The average molecular weight is 287 g/mol. The molecular weight excluding hydrogens is 270 g/mol. The number of carbonyl (C=O) groups excluding carboxylic acids is 1. The van der Waals surface area contributed by atoms with Gasteiger partial charge < -0.3 is 15.3 Å². The first-order chi connectivity index (χ1) is 10.1. The predicted molar refractivity (Wildman–Crippen MR) is 76.0 cm³/mol. The van der Waals surface area contributed by atoms with Crippen LogP contribution in [0.3, 0.4) is 0 Å². The number of rotatable bonds is 4. The van der Waals surface area contributed by atoms with Crippen molar-refractivity contribution in [3.63, 3.8) is 0 Å². The van der Waals surface area contributed by atoms with Gasteiger partial charge in [-0.25, -0.2) is 9.97 Å². The molecule has 7 nitrogen and oxygen atoms in total. The Hall–Kier alpha value is -2.44. The molecule has 0 aliphatic heterocycles. The minimum Gasteiger partial charge on any atom is -0.347 e. The van der Waals surface area contributed by atoms with Gasteiger partial charge >= 0.3 is 0 Å². The molecule has 1 amide bonds. The van der Waals surface area contributed by atoms with Crippen LogP contribution < -0.4 is 10.9 Å². The summed E-state index contributed by atoms with van der Waals surface area (Å²) < 4.78 is 0. The number of hydrogen-bond acceptors (Lipinski definition) is 4. The van der Waals surface area contributed by atoms with E-state index in [9.17, 15) is 9.59 Å². The Morgan fingerprint density at radius 1 is 1.48 bits per heavy atom. The molecule has 1 saturated carbocycles. The summed E-state index contributed by atoms with van der Waals surface area (Å²) in [4.78, 5) is 38.5. The third kappa shape index (κ3) is 2.72. The van der Waals surface area contributed by atoms with Gasteiger partial charge in [0.05, 0.1) is 11.7 Å². The van der Waals surface area contributed by atoms with Gasteiger partial charge in [-0.3, -0.25) is 9.59 Å². The molecule has 1 fully saturated rings. The fourth-order valence-corrected chi connectivity index (χ4v) is 2.28. The Balaban J connectivity index is 1.83. The molecule has 2 heterocycles. The Bertz CT molecular complexity index is 715. The molecule has 0 bridgehead atoms. The quantitative estimate of drug-likeness (QED) is 0.785. The van der Waals surface area contributed by atoms with Crippen molar-refractivity contribution in [3.8, 4) is 0 Å². The lowest BCUT2D eigenvalue weighted by Gasteiger charge is -2.12. The molecule has 21 heavy (non-hydrogen) atoms. The zero-order valence-electron chi connectivity index (χ0n) is 11.9. The van der Waals surface area contributed by atoms with Crippen molar-refractivity contribution in [1.29, 1.82) is 0 Å². The zero-order chi connectivity index (χ0) is 15.0. The van der Waals surface area contributed by atoms with Gasteiger partial charge in [-0.15, -0.1) is 0 Å². The van der Waals surface area contributed by atoms with Crippen molar-refractivity contribution in [3.05, 3.63) is 45.7 Å². The third-order valence-electron chi connectivity index (χ3n) is 3.59. The van der Waals surface area contributed by atoms with Gasteiger partial charge in [-0.2, -0.15) is 0 Å². The van der Waals surface area contributed by atoms with Crippen LogP contribution in [0.5, 0.6) is 0 Å². The van der Waals surface area contributed by atoms with Crippen molar-refractivity contribution in [2.75, 3.05) is 0 Å². The highest BCUT2D eigenvalue weighted by atomic mass is 16.2. The highest BCUT2D eigenvalue weighted by Crippen LogP contribution is 2.37. The number of aromatic amines is 2. The second-order valence-electron chi connectivity index (χ2n) is 5.36. The van der Waals surface area contributed by atoms with Gasteiger partial charge in [0.1, 0.15) is 17.2 Å². The molecule has 3 rings (SSSR count). The van der Waals surface area contributed by atoms with Crippen LogP contribution in [-0.2, 0) is 0 Å². The molecule has 2 aromatic rings. The summed E-state index contributed by atoms with van der Waals surface area (Å²) in [6, 6.07) is -0.311. The molecule has 7 heteroatoms. The highest BCUT2D eigenvalue weighted by molar-refractivity contribution is 5.95. The number of carbonyl (C=O) groups is 1. The number of amides is 1. The second kappa shape index (κ2) is 5.16. The van der Waals surface area contributed by atoms with Gasteiger partial charge in [0.25, 0.3) is 11.5 Å². The van der Waals surface area contributed by atoms with Gasteiger partial charge in [0.2, 0.25) is 0 Å². The Morgan fingerprint density at radius 3 is 2.81 bits per heavy atom. The lowest BCUT2D eigenvalue weighted by Crippen LogP contribution is -2.34. The molecule has 1 aliphatic carbocycles. The van der Waals surface area contributed by atoms with Crippen molar-refractivity contribution >= 4 is 5.91 Å². The number of imidazole rings is 1. The summed E-state index contributed by atoms with van der Waals surface area (Å²) in [6.07, 6.45) is 5.39. The van der Waals surface area contributed by atoms with E-state index >= 15 is 0 Å². The number of aryl methyl sites for hydroxylation is 1. The van der Waals surface area contributed by atoms with E-state index in [1.807, 2.05) is 0 Å². The summed E-state index contributed by atoms with van der Waals surface area (Å²) >= 11 is 0. The van der Waals surface area contributed by atoms with E-state index < -0.39 is 5.91 Å². The fourth-order valence-electron chi connectivity index (χ4n) is 2.28. The first-order valence-corrected chi connectivity index (χ1v) is 6.97. The molecule has 1 unspecified atom stereocenters.